The number of hydrogen-bond acceptors (Lipinski definition) is 7. The van der Waals surface area contributed by atoms with Gasteiger partial charge in [0.2, 0.25) is 0 Å². The molecule has 0 radical (unpaired) electrons. The number of esters is 1. The minimum Gasteiger partial charge on any atom is -0.493 e. The van der Waals surface area contributed by atoms with E-state index < -0.39 is 17.8 Å². The number of benzene rings is 1. The Bertz CT molecular complexity index is 1050. The Kier molecular flexibility index (Phi) is 7.87. The number of carboxylic acids is 1. The SMILES string of the molecule is CCCCOc1cc(C(=O)O)c(-c2ccc(C(=O)NCC3CC3)nc2C(=O)OC)cc1OC. The molecule has 1 aromatic heterocycles. The summed E-state index contributed by atoms with van der Waals surface area (Å²) in [5, 5.41) is 12.6. The lowest BCUT2D eigenvalue weighted by atomic mass is 9.96. The van der Waals surface area contributed by atoms with E-state index in [1.54, 1.807) is 0 Å². The smallest absolute Gasteiger partial charge is 0.357 e. The molecule has 0 atom stereocenters. The third-order valence-electron chi connectivity index (χ3n) is 5.33. The van der Waals surface area contributed by atoms with Crippen molar-refractivity contribution in [3.8, 4) is 22.6 Å². The normalized spacial score (nSPS) is 12.7. The van der Waals surface area contributed by atoms with Gasteiger partial charge in [0.15, 0.2) is 17.2 Å². The number of nitrogens with one attached hydrogen (secondary N) is 1. The summed E-state index contributed by atoms with van der Waals surface area (Å²) >= 11 is 0. The van der Waals surface area contributed by atoms with E-state index in [1.807, 2.05) is 6.92 Å². The Labute approximate surface area is 192 Å². The number of carboxylic acid groups (broad SMARTS) is 1. The highest BCUT2D eigenvalue weighted by atomic mass is 16.5. The molecule has 0 unspecified atom stereocenters. The molecule has 9 nitrogen and oxygen atoms in total. The average molecular weight is 456 g/mol. The fourth-order valence-electron chi connectivity index (χ4n) is 3.26. The van der Waals surface area contributed by atoms with Crippen molar-refractivity contribution in [1.82, 2.24) is 10.3 Å². The van der Waals surface area contributed by atoms with E-state index in [4.69, 9.17) is 14.2 Å². The molecule has 1 aliphatic rings. The van der Waals surface area contributed by atoms with Crippen molar-refractivity contribution in [2.45, 2.75) is 32.6 Å². The molecule has 1 aliphatic carbocycles. The third-order valence-corrected chi connectivity index (χ3v) is 5.33. The van der Waals surface area contributed by atoms with Crippen LogP contribution in [0, 0.1) is 5.92 Å². The summed E-state index contributed by atoms with van der Waals surface area (Å²) < 4.78 is 16.0. The van der Waals surface area contributed by atoms with Crippen LogP contribution < -0.4 is 14.8 Å². The molecule has 1 saturated carbocycles. The minimum atomic E-state index is -1.21. The Morgan fingerprint density at radius 3 is 2.48 bits per heavy atom. The van der Waals surface area contributed by atoms with Crippen LogP contribution in [0.2, 0.25) is 0 Å². The maximum atomic E-state index is 12.5. The molecule has 3 rings (SSSR count). The van der Waals surface area contributed by atoms with Gasteiger partial charge in [-0.25, -0.2) is 14.6 Å². The van der Waals surface area contributed by atoms with Gasteiger partial charge in [0.1, 0.15) is 5.69 Å². The second kappa shape index (κ2) is 10.8. The van der Waals surface area contributed by atoms with Gasteiger partial charge in [0.05, 0.1) is 26.4 Å². The fraction of sp³-hybridized carbons (Fsp3) is 0.417. The second-order valence-corrected chi connectivity index (χ2v) is 7.79. The van der Waals surface area contributed by atoms with Gasteiger partial charge in [-0.15, -0.1) is 0 Å². The van der Waals surface area contributed by atoms with Crippen molar-refractivity contribution < 1.29 is 33.7 Å². The predicted molar refractivity (Wildman–Crippen MR) is 120 cm³/mol. The summed E-state index contributed by atoms with van der Waals surface area (Å²) in [6, 6.07) is 5.79. The van der Waals surface area contributed by atoms with Gasteiger partial charge in [-0.1, -0.05) is 13.3 Å². The van der Waals surface area contributed by atoms with Crippen LogP contribution in [0.5, 0.6) is 11.5 Å². The van der Waals surface area contributed by atoms with Gasteiger partial charge in [-0.05, 0) is 49.4 Å². The Morgan fingerprint density at radius 1 is 1.12 bits per heavy atom. The molecular formula is C24H28N2O7. The molecule has 9 heteroatoms. The van der Waals surface area contributed by atoms with Crippen LogP contribution in [-0.2, 0) is 4.74 Å². The van der Waals surface area contributed by atoms with E-state index in [0.717, 1.165) is 25.7 Å². The van der Waals surface area contributed by atoms with Gasteiger partial charge in [-0.3, -0.25) is 4.79 Å². The average Bonchev–Trinajstić information content (AvgIpc) is 3.66. The van der Waals surface area contributed by atoms with Gasteiger partial charge in [0.25, 0.3) is 5.91 Å². The fourth-order valence-corrected chi connectivity index (χ4v) is 3.26. The summed E-state index contributed by atoms with van der Waals surface area (Å²) in [6.45, 7) is 2.98. The number of aromatic nitrogens is 1. The van der Waals surface area contributed by atoms with Gasteiger partial charge < -0.3 is 24.6 Å². The van der Waals surface area contributed by atoms with Gasteiger partial charge in [0, 0.05) is 17.7 Å². The molecular weight excluding hydrogens is 428 g/mol. The first-order valence-corrected chi connectivity index (χ1v) is 10.9. The molecule has 1 amide bonds. The van der Waals surface area contributed by atoms with E-state index in [2.05, 4.69) is 10.3 Å². The number of nitrogens with zero attached hydrogens (tertiary/aromatic N) is 1. The van der Waals surface area contributed by atoms with E-state index in [9.17, 15) is 19.5 Å². The van der Waals surface area contributed by atoms with Crippen LogP contribution >= 0.6 is 0 Å². The maximum absolute atomic E-state index is 12.5. The number of aromatic carboxylic acids is 1. The maximum Gasteiger partial charge on any atom is 0.357 e. The van der Waals surface area contributed by atoms with Crippen molar-refractivity contribution in [3.63, 3.8) is 0 Å². The first-order valence-electron chi connectivity index (χ1n) is 10.9. The molecule has 33 heavy (non-hydrogen) atoms. The van der Waals surface area contributed by atoms with Crippen LogP contribution in [0.4, 0.5) is 0 Å². The zero-order valence-corrected chi connectivity index (χ0v) is 19.0. The Morgan fingerprint density at radius 2 is 1.88 bits per heavy atom. The number of hydrogen-bond donors (Lipinski definition) is 2. The molecule has 1 aromatic carbocycles. The van der Waals surface area contributed by atoms with Crippen LogP contribution in [0.25, 0.3) is 11.1 Å². The molecule has 2 N–H and O–H groups in total. The first kappa shape index (κ1) is 24.0. The van der Waals surface area contributed by atoms with Crippen LogP contribution in [0.1, 0.15) is 63.9 Å². The molecule has 0 bridgehead atoms. The molecule has 0 aliphatic heterocycles. The van der Waals surface area contributed by atoms with Crippen LogP contribution in [-0.4, -0.2) is 55.3 Å². The molecule has 1 heterocycles. The largest absolute Gasteiger partial charge is 0.493 e. The topological polar surface area (TPSA) is 124 Å². The van der Waals surface area contributed by atoms with Gasteiger partial charge >= 0.3 is 11.9 Å². The monoisotopic (exact) mass is 456 g/mol. The number of carbonyl (C=O) groups is 3. The highest BCUT2D eigenvalue weighted by molar-refractivity contribution is 6.03. The van der Waals surface area contributed by atoms with Gasteiger partial charge in [-0.2, -0.15) is 0 Å². The highest BCUT2D eigenvalue weighted by Gasteiger charge is 2.26. The summed E-state index contributed by atoms with van der Waals surface area (Å²) in [5.41, 5.74) is 0.181. The van der Waals surface area contributed by atoms with Crippen molar-refractivity contribution in [1.29, 1.82) is 0 Å². The lowest BCUT2D eigenvalue weighted by Gasteiger charge is -2.16. The number of pyridine rings is 1. The number of methoxy groups -OCH3 is 2. The first-order chi connectivity index (χ1) is 15.9. The minimum absolute atomic E-state index is 0.0446. The summed E-state index contributed by atoms with van der Waals surface area (Å²) in [7, 11) is 2.63. The lowest BCUT2D eigenvalue weighted by Crippen LogP contribution is -2.27. The third kappa shape index (κ3) is 5.79. The van der Waals surface area contributed by atoms with Crippen LogP contribution in [0.3, 0.4) is 0 Å². The lowest BCUT2D eigenvalue weighted by molar-refractivity contribution is 0.0593. The van der Waals surface area contributed by atoms with Crippen LogP contribution in [0.15, 0.2) is 24.3 Å². The van der Waals surface area contributed by atoms with E-state index in [0.29, 0.717) is 24.8 Å². The van der Waals surface area contributed by atoms with Crippen molar-refractivity contribution in [2.24, 2.45) is 5.92 Å². The quantitative estimate of drug-likeness (QED) is 0.389. The second-order valence-electron chi connectivity index (χ2n) is 7.79. The highest BCUT2D eigenvalue weighted by Crippen LogP contribution is 2.37. The molecule has 2 aromatic rings. The Balaban J connectivity index is 2.06. The number of rotatable bonds is 11. The zero-order chi connectivity index (χ0) is 24.0. The number of carbonyl (C=O) groups excluding carboxylic acids is 2. The number of unbranched alkanes of at least 4 members (excludes halogenated alkanes) is 1. The summed E-state index contributed by atoms with van der Waals surface area (Å²) in [5.74, 6) is -1.33. The van der Waals surface area contributed by atoms with Crippen molar-refractivity contribution in [2.75, 3.05) is 27.4 Å². The predicted octanol–water partition coefficient (Wildman–Crippen LogP) is 3.56. The Hall–Kier alpha value is -3.62. The summed E-state index contributed by atoms with van der Waals surface area (Å²) in [6.07, 6.45) is 3.88. The van der Waals surface area contributed by atoms with E-state index >= 15 is 0 Å². The summed E-state index contributed by atoms with van der Waals surface area (Å²) in [4.78, 5) is 41.3. The zero-order valence-electron chi connectivity index (χ0n) is 19.0. The van der Waals surface area contributed by atoms with E-state index in [-0.39, 0.29) is 33.8 Å². The standard InChI is InChI=1S/C24H28N2O7/c1-4-5-10-33-20-12-17(23(28)29)16(11-19(20)31-2)15-8-9-18(26-21(15)24(30)32-3)22(27)25-13-14-6-7-14/h8-9,11-12,14H,4-7,10,13H2,1-3H3,(H,25,27)(H,28,29). The van der Waals surface area contributed by atoms with Crippen molar-refractivity contribution in [3.05, 3.63) is 41.2 Å². The van der Waals surface area contributed by atoms with Crippen molar-refractivity contribution >= 4 is 17.8 Å². The van der Waals surface area contributed by atoms with E-state index in [1.165, 1.54) is 38.5 Å². The number of amides is 1. The molecule has 176 valence electrons. The number of ether oxygens (including phenoxy) is 3. The molecule has 1 fully saturated rings. The molecule has 0 saturated heterocycles. The molecule has 0 spiro atoms.